The third kappa shape index (κ3) is 6.74. The standard InChI is InChI=1S/C25H26N2O2S.CH4O/c1-3-4-5-6-10-19-15-22(24-12-8-13-30-24)27-25(21(19)16-26)29-23(17-28)20-11-7-9-18(2)14-20;1-2/h7-9,11-15,17,23H,3-6,10H2,1-2H3;2H,1H3. The molecule has 3 aromatic rings. The molecule has 0 amide bonds. The predicted molar refractivity (Wildman–Crippen MR) is 129 cm³/mol. The SMILES string of the molecule is CCCCCCc1cc(-c2cccs2)nc(OC(C=O)c2cccc(C)c2)c1C#N.CO. The van der Waals surface area contributed by atoms with E-state index in [-0.39, 0.29) is 5.88 Å². The average molecular weight is 451 g/mol. The summed E-state index contributed by atoms with van der Waals surface area (Å²) in [5.41, 5.74) is 3.92. The number of aromatic nitrogens is 1. The molecule has 0 radical (unpaired) electrons. The summed E-state index contributed by atoms with van der Waals surface area (Å²) in [4.78, 5) is 17.5. The largest absolute Gasteiger partial charge is 0.461 e. The first-order valence-corrected chi connectivity index (χ1v) is 11.6. The van der Waals surface area contributed by atoms with Crippen LogP contribution in [-0.2, 0) is 11.2 Å². The second-order valence-electron chi connectivity index (χ2n) is 7.34. The number of hydrogen-bond acceptors (Lipinski definition) is 6. The Bertz CT molecular complexity index is 1030. The Morgan fingerprint density at radius 1 is 1.19 bits per heavy atom. The lowest BCUT2D eigenvalue weighted by Gasteiger charge is -2.17. The lowest BCUT2D eigenvalue weighted by Crippen LogP contribution is -2.12. The Morgan fingerprint density at radius 2 is 2.00 bits per heavy atom. The van der Waals surface area contributed by atoms with Crippen LogP contribution in [0.15, 0.2) is 47.8 Å². The van der Waals surface area contributed by atoms with E-state index in [9.17, 15) is 10.1 Å². The van der Waals surface area contributed by atoms with Gasteiger partial charge in [-0.1, -0.05) is 62.1 Å². The van der Waals surface area contributed by atoms with Gasteiger partial charge in [-0.2, -0.15) is 5.26 Å². The molecule has 1 unspecified atom stereocenters. The van der Waals surface area contributed by atoms with Gasteiger partial charge in [0, 0.05) is 7.11 Å². The highest BCUT2D eigenvalue weighted by Gasteiger charge is 2.20. The summed E-state index contributed by atoms with van der Waals surface area (Å²) in [5.74, 6) is 0.229. The number of pyridine rings is 1. The van der Waals surface area contributed by atoms with Crippen LogP contribution in [0.1, 0.15) is 61.0 Å². The maximum absolute atomic E-state index is 11.8. The number of carbonyl (C=O) groups excluding carboxylic acids is 1. The number of aliphatic hydroxyl groups excluding tert-OH is 1. The Morgan fingerprint density at radius 3 is 2.62 bits per heavy atom. The van der Waals surface area contributed by atoms with E-state index >= 15 is 0 Å². The molecule has 2 heterocycles. The molecule has 168 valence electrons. The number of unbranched alkanes of at least 4 members (excludes halogenated alkanes) is 3. The highest BCUT2D eigenvalue weighted by atomic mass is 32.1. The topological polar surface area (TPSA) is 83.2 Å². The molecule has 5 nitrogen and oxygen atoms in total. The first-order valence-electron chi connectivity index (χ1n) is 10.8. The van der Waals surface area contributed by atoms with E-state index < -0.39 is 6.10 Å². The summed E-state index contributed by atoms with van der Waals surface area (Å²) >= 11 is 1.59. The fraction of sp³-hybridized carbons (Fsp3) is 0.346. The first-order chi connectivity index (χ1) is 15.7. The number of aliphatic hydroxyl groups is 1. The molecule has 1 N–H and O–H groups in total. The van der Waals surface area contributed by atoms with E-state index in [1.165, 1.54) is 6.42 Å². The summed E-state index contributed by atoms with van der Waals surface area (Å²) in [6, 6.07) is 15.9. The number of aryl methyl sites for hydroxylation is 2. The number of ether oxygens (including phenoxy) is 1. The van der Waals surface area contributed by atoms with Gasteiger partial charge in [-0.05, 0) is 48.4 Å². The van der Waals surface area contributed by atoms with Crippen LogP contribution < -0.4 is 4.74 Å². The fourth-order valence-electron chi connectivity index (χ4n) is 3.41. The minimum atomic E-state index is -0.809. The van der Waals surface area contributed by atoms with Crippen molar-refractivity contribution in [3.05, 3.63) is 70.1 Å². The Balaban J connectivity index is 0.00000176. The van der Waals surface area contributed by atoms with Gasteiger partial charge in [0.25, 0.3) is 0 Å². The maximum Gasteiger partial charge on any atom is 0.233 e. The zero-order valence-corrected chi connectivity index (χ0v) is 19.7. The number of thiophene rings is 1. The van der Waals surface area contributed by atoms with Crippen LogP contribution in [0, 0.1) is 18.3 Å². The highest BCUT2D eigenvalue weighted by Crippen LogP contribution is 2.32. The number of benzene rings is 1. The summed E-state index contributed by atoms with van der Waals surface area (Å²) < 4.78 is 6.04. The van der Waals surface area contributed by atoms with Crippen molar-refractivity contribution in [1.82, 2.24) is 4.98 Å². The smallest absolute Gasteiger partial charge is 0.233 e. The van der Waals surface area contributed by atoms with Crippen molar-refractivity contribution in [1.29, 1.82) is 5.26 Å². The van der Waals surface area contributed by atoms with E-state index in [1.54, 1.807) is 11.3 Å². The molecule has 0 aliphatic rings. The molecule has 0 saturated heterocycles. The number of rotatable bonds is 10. The molecule has 0 fully saturated rings. The normalized spacial score (nSPS) is 11.1. The van der Waals surface area contributed by atoms with Crippen LogP contribution in [0.4, 0.5) is 0 Å². The summed E-state index contributed by atoms with van der Waals surface area (Å²) in [6.07, 6.45) is 5.20. The summed E-state index contributed by atoms with van der Waals surface area (Å²) in [5, 5.41) is 18.9. The molecule has 6 heteroatoms. The Kier molecular flexibility index (Phi) is 10.6. The minimum Gasteiger partial charge on any atom is -0.461 e. The fourth-order valence-corrected chi connectivity index (χ4v) is 4.09. The van der Waals surface area contributed by atoms with Gasteiger partial charge in [-0.25, -0.2) is 4.98 Å². The highest BCUT2D eigenvalue weighted by molar-refractivity contribution is 7.13. The van der Waals surface area contributed by atoms with Crippen LogP contribution in [0.25, 0.3) is 10.6 Å². The van der Waals surface area contributed by atoms with Crippen molar-refractivity contribution in [3.8, 4) is 22.5 Å². The summed E-state index contributed by atoms with van der Waals surface area (Å²) in [7, 11) is 1.00. The lowest BCUT2D eigenvalue weighted by atomic mass is 10.0. The molecule has 0 saturated carbocycles. The number of aldehydes is 1. The molecule has 1 aromatic carbocycles. The van der Waals surface area contributed by atoms with E-state index in [0.717, 1.165) is 66.3 Å². The zero-order chi connectivity index (χ0) is 23.3. The third-order valence-corrected chi connectivity index (χ3v) is 5.88. The van der Waals surface area contributed by atoms with Crippen LogP contribution in [0.3, 0.4) is 0 Å². The van der Waals surface area contributed by atoms with E-state index in [1.807, 2.05) is 54.8 Å². The van der Waals surface area contributed by atoms with Crippen molar-refractivity contribution in [2.24, 2.45) is 0 Å². The van der Waals surface area contributed by atoms with Crippen molar-refractivity contribution in [2.45, 2.75) is 52.1 Å². The van der Waals surface area contributed by atoms with Gasteiger partial charge in [0.1, 0.15) is 11.6 Å². The molecule has 0 bridgehead atoms. The molecule has 1 atom stereocenters. The quantitative estimate of drug-likeness (QED) is 0.301. The van der Waals surface area contributed by atoms with E-state index in [4.69, 9.17) is 9.84 Å². The maximum atomic E-state index is 11.8. The molecule has 0 aliphatic heterocycles. The van der Waals surface area contributed by atoms with Crippen molar-refractivity contribution in [2.75, 3.05) is 7.11 Å². The van der Waals surface area contributed by atoms with Crippen LogP contribution in [0.2, 0.25) is 0 Å². The molecule has 0 aliphatic carbocycles. The summed E-state index contributed by atoms with van der Waals surface area (Å²) in [6.45, 7) is 4.15. The van der Waals surface area contributed by atoms with Crippen molar-refractivity contribution in [3.63, 3.8) is 0 Å². The van der Waals surface area contributed by atoms with Crippen LogP contribution in [0.5, 0.6) is 5.88 Å². The van der Waals surface area contributed by atoms with E-state index in [0.29, 0.717) is 5.56 Å². The first kappa shape index (κ1) is 25.3. The van der Waals surface area contributed by atoms with Gasteiger partial charge in [-0.3, -0.25) is 4.79 Å². The van der Waals surface area contributed by atoms with Crippen molar-refractivity contribution < 1.29 is 14.6 Å². The predicted octanol–water partition coefficient (Wildman–Crippen LogP) is 6.04. The van der Waals surface area contributed by atoms with Crippen LogP contribution >= 0.6 is 11.3 Å². The Labute approximate surface area is 194 Å². The van der Waals surface area contributed by atoms with Gasteiger partial charge < -0.3 is 9.84 Å². The van der Waals surface area contributed by atoms with Crippen molar-refractivity contribution >= 4 is 17.6 Å². The van der Waals surface area contributed by atoms with Gasteiger partial charge in [0.2, 0.25) is 5.88 Å². The second-order valence-corrected chi connectivity index (χ2v) is 8.28. The molecule has 2 aromatic heterocycles. The molecule has 0 spiro atoms. The number of hydrogen-bond donors (Lipinski definition) is 1. The molecule has 32 heavy (non-hydrogen) atoms. The monoisotopic (exact) mass is 450 g/mol. The van der Waals surface area contributed by atoms with E-state index in [2.05, 4.69) is 18.0 Å². The molecular weight excluding hydrogens is 420 g/mol. The van der Waals surface area contributed by atoms with Gasteiger partial charge in [0.05, 0.1) is 10.6 Å². The third-order valence-electron chi connectivity index (χ3n) is 4.99. The van der Waals surface area contributed by atoms with Gasteiger partial charge >= 0.3 is 0 Å². The van der Waals surface area contributed by atoms with Crippen LogP contribution in [-0.4, -0.2) is 23.5 Å². The molecule has 3 rings (SSSR count). The minimum absolute atomic E-state index is 0.229. The number of nitriles is 1. The zero-order valence-electron chi connectivity index (χ0n) is 18.9. The number of nitrogens with zero attached hydrogens (tertiary/aromatic N) is 2. The second kappa shape index (κ2) is 13.4. The Hall–Kier alpha value is -3.01. The van der Waals surface area contributed by atoms with Gasteiger partial charge in [0.15, 0.2) is 12.4 Å². The molecular formula is C26H30N2O3S. The average Bonchev–Trinajstić information content (AvgIpc) is 3.36. The van der Waals surface area contributed by atoms with Gasteiger partial charge in [-0.15, -0.1) is 11.3 Å². The number of carbonyl (C=O) groups is 1. The lowest BCUT2D eigenvalue weighted by molar-refractivity contribution is -0.114.